The third kappa shape index (κ3) is 4.52. The Hall–Kier alpha value is -3.19. The van der Waals surface area contributed by atoms with Crippen molar-refractivity contribution in [3.63, 3.8) is 0 Å². The molecule has 0 aliphatic carbocycles. The molecule has 0 radical (unpaired) electrons. The van der Waals surface area contributed by atoms with Gasteiger partial charge in [0, 0.05) is 24.1 Å². The Kier molecular flexibility index (Phi) is 6.09. The molecular weight excluding hydrogens is 399 g/mol. The third-order valence-electron chi connectivity index (χ3n) is 4.62. The van der Waals surface area contributed by atoms with Crippen molar-refractivity contribution in [3.8, 4) is 0 Å². The number of amides is 1. The van der Waals surface area contributed by atoms with Crippen molar-refractivity contribution in [3.05, 3.63) is 89.4 Å². The van der Waals surface area contributed by atoms with Crippen LogP contribution in [0.5, 0.6) is 0 Å². The van der Waals surface area contributed by atoms with Gasteiger partial charge in [0.25, 0.3) is 5.91 Å². The number of thioether (sulfide) groups is 1. The van der Waals surface area contributed by atoms with Crippen molar-refractivity contribution < 1.29 is 9.18 Å². The highest BCUT2D eigenvalue weighted by Gasteiger charge is 2.13. The highest BCUT2D eigenvalue weighted by atomic mass is 32.2. The number of carbonyl (C=O) groups is 1. The second-order valence-corrected chi connectivity index (χ2v) is 7.74. The summed E-state index contributed by atoms with van der Waals surface area (Å²) in [5.74, 6) is 0.289. The standard InChI is InChI=1S/C23H21FN4OS/c1-2-25-22(29)18-10-8-16(9-11-18)14-28-21-20(7-4-12-26-21)27-23(28)30-15-17-5-3-6-19(24)13-17/h3-13H,2,14-15H2,1H3,(H,25,29). The van der Waals surface area contributed by atoms with Crippen LogP contribution in [-0.4, -0.2) is 27.0 Å². The minimum atomic E-state index is -0.240. The largest absolute Gasteiger partial charge is 0.352 e. The molecule has 4 aromatic rings. The van der Waals surface area contributed by atoms with Crippen LogP contribution in [0.15, 0.2) is 72.0 Å². The summed E-state index contributed by atoms with van der Waals surface area (Å²) in [7, 11) is 0. The van der Waals surface area contributed by atoms with Gasteiger partial charge in [0.2, 0.25) is 0 Å². The highest BCUT2D eigenvalue weighted by Crippen LogP contribution is 2.27. The molecular formula is C23H21FN4OS. The maximum atomic E-state index is 13.5. The van der Waals surface area contributed by atoms with Crippen molar-refractivity contribution in [2.45, 2.75) is 24.4 Å². The first-order chi connectivity index (χ1) is 14.6. The fraction of sp³-hybridized carbons (Fsp3) is 0.174. The number of nitrogens with zero attached hydrogens (tertiary/aromatic N) is 3. The predicted octanol–water partition coefficient (Wildman–Crippen LogP) is 4.66. The van der Waals surface area contributed by atoms with Crippen LogP contribution in [0.1, 0.15) is 28.4 Å². The lowest BCUT2D eigenvalue weighted by molar-refractivity contribution is 0.0956. The van der Waals surface area contributed by atoms with Gasteiger partial charge in [-0.1, -0.05) is 36.0 Å². The maximum absolute atomic E-state index is 13.5. The van der Waals surface area contributed by atoms with E-state index in [1.165, 1.54) is 12.1 Å². The van der Waals surface area contributed by atoms with Gasteiger partial charge in [0.15, 0.2) is 10.8 Å². The summed E-state index contributed by atoms with van der Waals surface area (Å²) >= 11 is 1.55. The summed E-state index contributed by atoms with van der Waals surface area (Å²) in [6.07, 6.45) is 1.75. The van der Waals surface area contributed by atoms with E-state index in [4.69, 9.17) is 4.98 Å². The van der Waals surface area contributed by atoms with Gasteiger partial charge in [-0.15, -0.1) is 0 Å². The van der Waals surface area contributed by atoms with Gasteiger partial charge in [-0.05, 0) is 54.4 Å². The number of rotatable bonds is 7. The van der Waals surface area contributed by atoms with Gasteiger partial charge in [0.1, 0.15) is 11.3 Å². The van der Waals surface area contributed by atoms with Gasteiger partial charge >= 0.3 is 0 Å². The molecule has 5 nitrogen and oxygen atoms in total. The molecule has 2 heterocycles. The predicted molar refractivity (Wildman–Crippen MR) is 117 cm³/mol. The van der Waals surface area contributed by atoms with Crippen LogP contribution in [-0.2, 0) is 12.3 Å². The summed E-state index contributed by atoms with van der Waals surface area (Å²) in [4.78, 5) is 21.2. The summed E-state index contributed by atoms with van der Waals surface area (Å²) < 4.78 is 15.6. The maximum Gasteiger partial charge on any atom is 0.251 e. The topological polar surface area (TPSA) is 59.8 Å². The number of hydrogen-bond acceptors (Lipinski definition) is 4. The van der Waals surface area contributed by atoms with Crippen LogP contribution in [0.3, 0.4) is 0 Å². The fourth-order valence-corrected chi connectivity index (χ4v) is 4.12. The lowest BCUT2D eigenvalue weighted by Crippen LogP contribution is -2.22. The molecule has 0 atom stereocenters. The van der Waals surface area contributed by atoms with E-state index in [2.05, 4.69) is 14.9 Å². The number of halogens is 1. The lowest BCUT2D eigenvalue weighted by atomic mass is 10.1. The minimum Gasteiger partial charge on any atom is -0.352 e. The first kappa shape index (κ1) is 20.1. The monoisotopic (exact) mass is 420 g/mol. The normalized spacial score (nSPS) is 11.0. The summed E-state index contributed by atoms with van der Waals surface area (Å²) in [5, 5.41) is 3.62. The Labute approximate surface area is 178 Å². The number of benzene rings is 2. The van der Waals surface area contributed by atoms with Crippen molar-refractivity contribution in [2.24, 2.45) is 0 Å². The second kappa shape index (κ2) is 9.09. The summed E-state index contributed by atoms with van der Waals surface area (Å²) in [5.41, 5.74) is 4.19. The Morgan fingerprint density at radius 3 is 2.70 bits per heavy atom. The molecule has 2 aromatic carbocycles. The van der Waals surface area contributed by atoms with E-state index < -0.39 is 0 Å². The zero-order valence-electron chi connectivity index (χ0n) is 16.5. The lowest BCUT2D eigenvalue weighted by Gasteiger charge is -2.10. The molecule has 0 saturated heterocycles. The van der Waals surface area contributed by atoms with Gasteiger partial charge in [-0.2, -0.15) is 0 Å². The Balaban J connectivity index is 1.59. The Bertz CT molecular complexity index is 1170. The first-order valence-electron chi connectivity index (χ1n) is 9.69. The van der Waals surface area contributed by atoms with E-state index in [1.807, 2.05) is 49.4 Å². The number of carbonyl (C=O) groups excluding carboxylic acids is 1. The van der Waals surface area contributed by atoms with E-state index in [0.717, 1.165) is 27.4 Å². The molecule has 0 unspecified atom stereocenters. The molecule has 1 N–H and O–H groups in total. The molecule has 1 amide bonds. The molecule has 30 heavy (non-hydrogen) atoms. The number of aromatic nitrogens is 3. The average molecular weight is 421 g/mol. The van der Waals surface area contributed by atoms with Gasteiger partial charge in [0.05, 0.1) is 6.54 Å². The number of nitrogens with one attached hydrogen (secondary N) is 1. The van der Waals surface area contributed by atoms with Crippen LogP contribution in [0.2, 0.25) is 0 Å². The van der Waals surface area contributed by atoms with Gasteiger partial charge in [-0.3, -0.25) is 9.36 Å². The minimum absolute atomic E-state index is 0.0786. The molecule has 0 fully saturated rings. The first-order valence-corrected chi connectivity index (χ1v) is 10.7. The smallest absolute Gasteiger partial charge is 0.251 e. The van der Waals surface area contributed by atoms with Crippen LogP contribution < -0.4 is 5.32 Å². The number of fused-ring (bicyclic) bond motifs is 1. The molecule has 0 bridgehead atoms. The number of imidazole rings is 1. The zero-order chi connectivity index (χ0) is 20.9. The zero-order valence-corrected chi connectivity index (χ0v) is 17.3. The average Bonchev–Trinajstić information content (AvgIpc) is 3.10. The molecule has 152 valence electrons. The van der Waals surface area contributed by atoms with Crippen LogP contribution in [0.25, 0.3) is 11.2 Å². The highest BCUT2D eigenvalue weighted by molar-refractivity contribution is 7.98. The van der Waals surface area contributed by atoms with Crippen molar-refractivity contribution in [1.29, 1.82) is 0 Å². The fourth-order valence-electron chi connectivity index (χ4n) is 3.17. The molecule has 7 heteroatoms. The van der Waals surface area contributed by atoms with E-state index in [-0.39, 0.29) is 11.7 Å². The molecule has 2 aromatic heterocycles. The molecule has 0 spiro atoms. The molecule has 0 saturated carbocycles. The van der Waals surface area contributed by atoms with E-state index in [0.29, 0.717) is 24.4 Å². The van der Waals surface area contributed by atoms with Gasteiger partial charge in [-0.25, -0.2) is 14.4 Å². The van der Waals surface area contributed by atoms with Crippen molar-refractivity contribution in [1.82, 2.24) is 19.9 Å². The summed E-state index contributed by atoms with van der Waals surface area (Å²) in [6, 6.07) is 17.9. The van der Waals surface area contributed by atoms with E-state index in [1.54, 1.807) is 24.0 Å². The van der Waals surface area contributed by atoms with Gasteiger partial charge < -0.3 is 5.32 Å². The van der Waals surface area contributed by atoms with E-state index >= 15 is 0 Å². The summed E-state index contributed by atoms with van der Waals surface area (Å²) in [6.45, 7) is 3.07. The van der Waals surface area contributed by atoms with Crippen molar-refractivity contribution in [2.75, 3.05) is 6.54 Å². The van der Waals surface area contributed by atoms with Crippen LogP contribution >= 0.6 is 11.8 Å². The molecule has 0 aliphatic rings. The van der Waals surface area contributed by atoms with Crippen molar-refractivity contribution >= 4 is 28.8 Å². The number of hydrogen-bond donors (Lipinski definition) is 1. The van der Waals surface area contributed by atoms with E-state index in [9.17, 15) is 9.18 Å². The SMILES string of the molecule is CCNC(=O)c1ccc(Cn2c(SCc3cccc(F)c3)nc3cccnc32)cc1. The Morgan fingerprint density at radius 1 is 1.10 bits per heavy atom. The molecule has 0 aliphatic heterocycles. The quantitative estimate of drug-likeness (QED) is 0.442. The second-order valence-electron chi connectivity index (χ2n) is 6.80. The number of pyridine rings is 1. The van der Waals surface area contributed by atoms with Crippen LogP contribution in [0.4, 0.5) is 4.39 Å². The molecule has 4 rings (SSSR count). The third-order valence-corrected chi connectivity index (χ3v) is 5.67. The van der Waals surface area contributed by atoms with Crippen LogP contribution in [0, 0.1) is 5.82 Å². The Morgan fingerprint density at radius 2 is 1.93 bits per heavy atom.